The zero-order valence-corrected chi connectivity index (χ0v) is 21.6. The molecule has 2 aliphatic heterocycles. The Morgan fingerprint density at radius 3 is 2.82 bits per heavy atom. The number of nitrogens with two attached hydrogens (primary N) is 1. The summed E-state index contributed by atoms with van der Waals surface area (Å²) in [6.45, 7) is 0. The van der Waals surface area contributed by atoms with Gasteiger partial charge in [-0.2, -0.15) is 9.78 Å². The summed E-state index contributed by atoms with van der Waals surface area (Å²) in [5.74, 6) is 1.26. The number of tetrazole rings is 1. The molecule has 2 aromatic carbocycles. The lowest BCUT2D eigenvalue weighted by atomic mass is 9.97. The van der Waals surface area contributed by atoms with Crippen molar-refractivity contribution in [3.8, 4) is 16.8 Å². The molecule has 3 atom stereocenters. The topological polar surface area (TPSA) is 122 Å². The highest BCUT2D eigenvalue weighted by Crippen LogP contribution is 2.60. The van der Waals surface area contributed by atoms with Crippen LogP contribution in [-0.4, -0.2) is 40.3 Å². The molecule has 0 spiro atoms. The molecule has 39 heavy (non-hydrogen) atoms. The SMILES string of the molecule is Cn1nc(N)c2ccc(C3=CN=C([C@@H]4[C@H]5C[C@H]5c5cc(-c6cc(Cl)ccc6-n6cnnn6)cc(=O)n54)C3)cc21. The summed E-state index contributed by atoms with van der Waals surface area (Å²) in [4.78, 5) is 18.5. The van der Waals surface area contributed by atoms with E-state index in [1.165, 1.54) is 6.33 Å². The second-order valence-corrected chi connectivity index (χ2v) is 10.9. The van der Waals surface area contributed by atoms with Crippen LogP contribution in [0.2, 0.25) is 5.02 Å². The first kappa shape index (κ1) is 22.4. The number of anilines is 1. The van der Waals surface area contributed by atoms with E-state index in [0.717, 1.165) is 56.7 Å². The molecular weight excluding hydrogens is 514 g/mol. The van der Waals surface area contributed by atoms with E-state index in [-0.39, 0.29) is 11.6 Å². The molecule has 11 heteroatoms. The van der Waals surface area contributed by atoms with Gasteiger partial charge in [0.25, 0.3) is 5.56 Å². The maximum Gasteiger partial charge on any atom is 0.251 e. The summed E-state index contributed by atoms with van der Waals surface area (Å²) in [5.41, 5.74) is 13.7. The Bertz CT molecular complexity index is 1950. The lowest BCUT2D eigenvalue weighted by Crippen LogP contribution is -2.29. The number of halogens is 1. The molecule has 0 unspecified atom stereocenters. The number of aryl methyl sites for hydroxylation is 1. The van der Waals surface area contributed by atoms with Crippen LogP contribution in [0.5, 0.6) is 0 Å². The highest BCUT2D eigenvalue weighted by Gasteiger charge is 2.54. The van der Waals surface area contributed by atoms with Crippen molar-refractivity contribution in [1.82, 2.24) is 34.6 Å². The molecule has 1 aliphatic carbocycles. The molecule has 8 rings (SSSR count). The van der Waals surface area contributed by atoms with E-state index in [1.54, 1.807) is 21.5 Å². The van der Waals surface area contributed by atoms with Crippen molar-refractivity contribution in [1.29, 1.82) is 0 Å². The summed E-state index contributed by atoms with van der Waals surface area (Å²) in [7, 11) is 1.89. The lowest BCUT2D eigenvalue weighted by Gasteiger charge is -2.20. The number of fused-ring (bicyclic) bond motifs is 4. The van der Waals surface area contributed by atoms with Gasteiger partial charge >= 0.3 is 0 Å². The number of pyridine rings is 1. The molecule has 192 valence electrons. The number of rotatable bonds is 4. The molecule has 2 N–H and O–H groups in total. The third-order valence-electron chi connectivity index (χ3n) is 8.22. The molecule has 0 saturated heterocycles. The fraction of sp³-hybridized carbons (Fsp3) is 0.214. The lowest BCUT2D eigenvalue weighted by molar-refractivity contribution is 0.584. The third-order valence-corrected chi connectivity index (χ3v) is 8.45. The van der Waals surface area contributed by atoms with Gasteiger partial charge in [-0.1, -0.05) is 17.7 Å². The molecule has 3 aliphatic rings. The maximum absolute atomic E-state index is 13.6. The van der Waals surface area contributed by atoms with Crippen molar-refractivity contribution >= 4 is 39.6 Å². The van der Waals surface area contributed by atoms with Crippen molar-refractivity contribution in [2.24, 2.45) is 18.0 Å². The first-order valence-corrected chi connectivity index (χ1v) is 13.1. The molecule has 1 fully saturated rings. The molecule has 0 bridgehead atoms. The van der Waals surface area contributed by atoms with Crippen LogP contribution in [0, 0.1) is 5.92 Å². The normalized spacial score (nSPS) is 21.1. The summed E-state index contributed by atoms with van der Waals surface area (Å²) in [5, 5.41) is 17.4. The second kappa shape index (κ2) is 7.97. The molecule has 0 radical (unpaired) electrons. The Morgan fingerprint density at radius 1 is 1.08 bits per heavy atom. The van der Waals surface area contributed by atoms with Gasteiger partial charge in [0, 0.05) is 59.0 Å². The zero-order valence-electron chi connectivity index (χ0n) is 20.9. The maximum atomic E-state index is 13.6. The van der Waals surface area contributed by atoms with Crippen LogP contribution in [0.15, 0.2) is 70.8 Å². The Kier molecular flexibility index (Phi) is 4.58. The van der Waals surface area contributed by atoms with Gasteiger partial charge < -0.3 is 10.3 Å². The predicted octanol–water partition coefficient (Wildman–Crippen LogP) is 4.16. The van der Waals surface area contributed by atoms with E-state index in [4.69, 9.17) is 22.3 Å². The van der Waals surface area contributed by atoms with Crippen LogP contribution in [-0.2, 0) is 7.05 Å². The molecule has 5 aromatic rings. The van der Waals surface area contributed by atoms with E-state index in [2.05, 4.69) is 38.8 Å². The fourth-order valence-electron chi connectivity index (χ4n) is 6.33. The Hall–Kier alpha value is -4.57. The van der Waals surface area contributed by atoms with Gasteiger partial charge in [0.05, 0.1) is 17.2 Å². The molecule has 10 nitrogen and oxygen atoms in total. The van der Waals surface area contributed by atoms with Crippen molar-refractivity contribution in [3.05, 3.63) is 87.7 Å². The number of nitrogen functional groups attached to an aromatic ring is 1. The summed E-state index contributed by atoms with van der Waals surface area (Å²) in [6.07, 6.45) is 5.23. The highest BCUT2D eigenvalue weighted by atomic mass is 35.5. The molecule has 0 amide bonds. The average Bonchev–Trinajstić information content (AvgIpc) is 3.33. The first-order chi connectivity index (χ1) is 19.0. The minimum absolute atomic E-state index is 0.0327. The molecule has 1 saturated carbocycles. The van der Waals surface area contributed by atoms with Crippen LogP contribution in [0.25, 0.3) is 33.3 Å². The number of nitrogens with zero attached hydrogens (tertiary/aromatic N) is 8. The third kappa shape index (κ3) is 3.34. The minimum Gasteiger partial charge on any atom is -0.382 e. The summed E-state index contributed by atoms with van der Waals surface area (Å²) in [6, 6.07) is 15.5. The zero-order chi connectivity index (χ0) is 26.4. The molecular formula is C28H22ClN9O. The minimum atomic E-state index is -0.0368. The van der Waals surface area contributed by atoms with Gasteiger partial charge in [-0.3, -0.25) is 14.5 Å². The molecule has 5 heterocycles. The first-order valence-electron chi connectivity index (χ1n) is 12.7. The number of hydrogen-bond acceptors (Lipinski definition) is 7. The van der Waals surface area contributed by atoms with E-state index in [1.807, 2.05) is 36.0 Å². The van der Waals surface area contributed by atoms with Crippen molar-refractivity contribution < 1.29 is 0 Å². The van der Waals surface area contributed by atoms with Crippen molar-refractivity contribution in [2.75, 3.05) is 5.73 Å². The summed E-state index contributed by atoms with van der Waals surface area (Å²) >= 11 is 6.36. The van der Waals surface area contributed by atoms with Crippen LogP contribution >= 0.6 is 11.6 Å². The van der Waals surface area contributed by atoms with Crippen molar-refractivity contribution in [2.45, 2.75) is 24.8 Å². The van der Waals surface area contributed by atoms with Crippen LogP contribution in [0.1, 0.15) is 36.1 Å². The van der Waals surface area contributed by atoms with Gasteiger partial charge in [0.1, 0.15) is 6.33 Å². The van der Waals surface area contributed by atoms with E-state index >= 15 is 0 Å². The average molecular weight is 536 g/mol. The molecule has 3 aromatic heterocycles. The Balaban J connectivity index is 1.14. The number of aliphatic imine (C=N–C) groups is 1. The van der Waals surface area contributed by atoms with E-state index in [9.17, 15) is 4.79 Å². The Morgan fingerprint density at radius 2 is 1.97 bits per heavy atom. The van der Waals surface area contributed by atoms with Gasteiger partial charge in [-0.05, 0) is 75.9 Å². The van der Waals surface area contributed by atoms with Crippen LogP contribution < -0.4 is 11.3 Å². The van der Waals surface area contributed by atoms with Gasteiger partial charge in [0.15, 0.2) is 5.82 Å². The van der Waals surface area contributed by atoms with Crippen LogP contribution in [0.3, 0.4) is 0 Å². The van der Waals surface area contributed by atoms with Gasteiger partial charge in [-0.15, -0.1) is 5.10 Å². The standard InChI is InChI=1S/C28H22ClN9O/c1-36-24-7-14(2-4-18(24)28(30)33-36)16-6-22(31-12-16)27-21-11-20(21)25-8-15(9-26(39)38(25)27)19-10-17(29)3-5-23(19)37-13-32-34-35-37/h2-5,7-10,12-13,20-21,27H,6,11H2,1H3,(H2,30,33)/t20-,21+,27+/m1/s1. The fourth-order valence-corrected chi connectivity index (χ4v) is 6.50. The number of aromatic nitrogens is 7. The van der Waals surface area contributed by atoms with Gasteiger partial charge in [0.2, 0.25) is 0 Å². The van der Waals surface area contributed by atoms with Crippen LogP contribution in [0.4, 0.5) is 5.82 Å². The second-order valence-electron chi connectivity index (χ2n) is 10.4. The quantitative estimate of drug-likeness (QED) is 0.369. The highest BCUT2D eigenvalue weighted by molar-refractivity contribution is 6.31. The number of hydrogen-bond donors (Lipinski definition) is 1. The Labute approximate surface area is 227 Å². The monoisotopic (exact) mass is 535 g/mol. The van der Waals surface area contributed by atoms with E-state index < -0.39 is 0 Å². The largest absolute Gasteiger partial charge is 0.382 e. The summed E-state index contributed by atoms with van der Waals surface area (Å²) < 4.78 is 5.33. The smallest absolute Gasteiger partial charge is 0.251 e. The number of benzene rings is 2. The van der Waals surface area contributed by atoms with Gasteiger partial charge in [-0.25, -0.2) is 0 Å². The van der Waals surface area contributed by atoms with Crippen molar-refractivity contribution in [3.63, 3.8) is 0 Å². The van der Waals surface area contributed by atoms with E-state index in [0.29, 0.717) is 29.1 Å². The predicted molar refractivity (Wildman–Crippen MR) is 149 cm³/mol. The number of allylic oxidation sites excluding steroid dienone is 1.